The van der Waals surface area contributed by atoms with Crippen LogP contribution in [0.15, 0.2) is 24.1 Å². The van der Waals surface area contributed by atoms with Crippen molar-refractivity contribution >= 4 is 22.9 Å². The molecule has 0 bridgehead atoms. The Morgan fingerprint density at radius 2 is 2.46 bits per heavy atom. The van der Waals surface area contributed by atoms with Gasteiger partial charge in [0.15, 0.2) is 17.0 Å². The van der Waals surface area contributed by atoms with Gasteiger partial charge in [-0.2, -0.15) is 9.97 Å². The lowest BCUT2D eigenvalue weighted by molar-refractivity contribution is -0.0232. The zero-order valence-corrected chi connectivity index (χ0v) is 12.8. The number of azide groups is 1. The molecule has 1 aliphatic heterocycles. The van der Waals surface area contributed by atoms with Crippen LogP contribution in [0.2, 0.25) is 0 Å². The molecule has 24 heavy (non-hydrogen) atoms. The number of hydrogen-bond acceptors (Lipinski definition) is 8. The summed E-state index contributed by atoms with van der Waals surface area (Å²) in [6.45, 7) is 3.91. The van der Waals surface area contributed by atoms with E-state index in [-0.39, 0.29) is 12.6 Å². The van der Waals surface area contributed by atoms with Gasteiger partial charge < -0.3 is 20.9 Å². The topological polar surface area (TPSA) is 160 Å². The summed E-state index contributed by atoms with van der Waals surface area (Å²) in [5.74, 6) is 0.596. The SMILES string of the molecule is C=CCNc1nc(N)nc2c1ncn2[C@H]1C[C@H](N=[N+]=[N-])[C@@H](CO)O1. The van der Waals surface area contributed by atoms with E-state index in [4.69, 9.17) is 16.0 Å². The van der Waals surface area contributed by atoms with E-state index in [1.54, 1.807) is 17.0 Å². The van der Waals surface area contributed by atoms with Gasteiger partial charge in [-0.15, -0.1) is 6.58 Å². The van der Waals surface area contributed by atoms with Crippen LogP contribution in [0.25, 0.3) is 21.6 Å². The summed E-state index contributed by atoms with van der Waals surface area (Å²) in [6.07, 6.45) is 2.62. The van der Waals surface area contributed by atoms with E-state index in [0.717, 1.165) is 0 Å². The smallest absolute Gasteiger partial charge is 0.224 e. The number of ether oxygens (including phenoxy) is 1. The minimum atomic E-state index is -0.569. The molecule has 1 aliphatic rings. The van der Waals surface area contributed by atoms with Crippen LogP contribution < -0.4 is 11.1 Å². The van der Waals surface area contributed by atoms with Crippen LogP contribution in [0.3, 0.4) is 0 Å². The van der Waals surface area contributed by atoms with Crippen molar-refractivity contribution in [3.8, 4) is 0 Å². The molecule has 0 unspecified atom stereocenters. The van der Waals surface area contributed by atoms with Gasteiger partial charge in [0.1, 0.15) is 6.23 Å². The Balaban J connectivity index is 1.97. The maximum atomic E-state index is 9.38. The van der Waals surface area contributed by atoms with Crippen molar-refractivity contribution < 1.29 is 9.84 Å². The largest absolute Gasteiger partial charge is 0.394 e. The zero-order chi connectivity index (χ0) is 17.1. The fourth-order valence-electron chi connectivity index (χ4n) is 2.67. The maximum Gasteiger partial charge on any atom is 0.224 e. The molecule has 2 aromatic heterocycles. The van der Waals surface area contributed by atoms with Crippen molar-refractivity contribution in [1.29, 1.82) is 0 Å². The molecule has 4 N–H and O–H groups in total. The summed E-state index contributed by atoms with van der Waals surface area (Å²) in [6, 6.07) is -0.458. The number of anilines is 2. The standard InChI is InChI=1S/C13H17N9O2/c1-2-3-16-11-10-12(19-13(14)18-11)22(6-17-10)9-4-7(20-21-15)8(5-23)24-9/h2,6-9,23H,1,3-5H2,(H3,14,16,18,19)/t7-,8+,9+/m0/s1. The maximum absolute atomic E-state index is 9.38. The first kappa shape index (κ1) is 16.0. The average Bonchev–Trinajstić information content (AvgIpc) is 3.16. The fraction of sp³-hybridized carbons (Fsp3) is 0.462. The van der Waals surface area contributed by atoms with Gasteiger partial charge in [-0.1, -0.05) is 11.2 Å². The van der Waals surface area contributed by atoms with Crippen LogP contribution in [0.4, 0.5) is 11.8 Å². The van der Waals surface area contributed by atoms with E-state index in [2.05, 4.69) is 36.9 Å². The summed E-state index contributed by atoms with van der Waals surface area (Å²) in [4.78, 5) is 15.5. The minimum Gasteiger partial charge on any atom is -0.394 e. The Labute approximate surface area is 136 Å². The van der Waals surface area contributed by atoms with Gasteiger partial charge in [0.05, 0.1) is 25.1 Å². The first-order valence-corrected chi connectivity index (χ1v) is 7.33. The number of rotatable bonds is 6. The van der Waals surface area contributed by atoms with Crippen LogP contribution in [0, 0.1) is 0 Å². The molecule has 0 spiro atoms. The molecule has 3 heterocycles. The fourth-order valence-corrected chi connectivity index (χ4v) is 2.67. The highest BCUT2D eigenvalue weighted by Crippen LogP contribution is 2.33. The van der Waals surface area contributed by atoms with Crippen molar-refractivity contribution in [3.05, 3.63) is 29.4 Å². The van der Waals surface area contributed by atoms with Gasteiger partial charge in [-0.05, 0) is 5.53 Å². The molecule has 0 amide bonds. The van der Waals surface area contributed by atoms with E-state index in [1.165, 1.54) is 0 Å². The molecule has 126 valence electrons. The van der Waals surface area contributed by atoms with E-state index in [1.807, 2.05) is 0 Å². The Morgan fingerprint density at radius 3 is 3.17 bits per heavy atom. The van der Waals surface area contributed by atoms with Gasteiger partial charge >= 0.3 is 0 Å². The summed E-state index contributed by atoms with van der Waals surface area (Å²) >= 11 is 0. The number of aliphatic hydroxyl groups excluding tert-OH is 1. The normalized spacial score (nSPS) is 23.1. The summed E-state index contributed by atoms with van der Waals surface area (Å²) < 4.78 is 7.46. The lowest BCUT2D eigenvalue weighted by Gasteiger charge is -2.14. The first-order valence-electron chi connectivity index (χ1n) is 7.33. The number of aliphatic hydroxyl groups is 1. The van der Waals surface area contributed by atoms with Crippen LogP contribution in [-0.2, 0) is 4.74 Å². The van der Waals surface area contributed by atoms with Crippen LogP contribution in [0.5, 0.6) is 0 Å². The Bertz CT molecular complexity index is 798. The third-order valence-electron chi connectivity index (χ3n) is 3.75. The minimum absolute atomic E-state index is 0.0964. The Morgan fingerprint density at radius 1 is 1.62 bits per heavy atom. The molecule has 0 aromatic carbocycles. The van der Waals surface area contributed by atoms with E-state index in [9.17, 15) is 5.11 Å². The monoisotopic (exact) mass is 331 g/mol. The second kappa shape index (κ2) is 6.71. The van der Waals surface area contributed by atoms with Crippen LogP contribution in [-0.4, -0.2) is 49.9 Å². The van der Waals surface area contributed by atoms with Gasteiger partial charge in [0.2, 0.25) is 5.95 Å². The third kappa shape index (κ3) is 2.83. The molecule has 1 saturated heterocycles. The Kier molecular flexibility index (Phi) is 4.47. The molecule has 11 nitrogen and oxygen atoms in total. The Hall–Kier alpha value is -2.88. The van der Waals surface area contributed by atoms with Gasteiger partial charge in [0.25, 0.3) is 0 Å². The number of aromatic nitrogens is 4. The number of nitrogens with two attached hydrogens (primary N) is 1. The highest BCUT2D eigenvalue weighted by molar-refractivity contribution is 5.84. The molecule has 11 heteroatoms. The molecule has 0 saturated carbocycles. The van der Waals surface area contributed by atoms with E-state index >= 15 is 0 Å². The lowest BCUT2D eigenvalue weighted by Crippen LogP contribution is -2.22. The van der Waals surface area contributed by atoms with Gasteiger partial charge in [-0.3, -0.25) is 4.57 Å². The molecular weight excluding hydrogens is 314 g/mol. The van der Waals surface area contributed by atoms with Crippen molar-refractivity contribution in [2.24, 2.45) is 5.11 Å². The van der Waals surface area contributed by atoms with Crippen molar-refractivity contribution in [2.75, 3.05) is 24.2 Å². The van der Waals surface area contributed by atoms with Crippen molar-refractivity contribution in [3.63, 3.8) is 0 Å². The molecule has 3 rings (SSSR count). The predicted octanol–water partition coefficient (Wildman–Crippen LogP) is 0.965. The highest BCUT2D eigenvalue weighted by atomic mass is 16.5. The first-order chi connectivity index (χ1) is 11.7. The van der Waals surface area contributed by atoms with E-state index < -0.39 is 18.4 Å². The molecule has 2 aromatic rings. The van der Waals surface area contributed by atoms with Crippen LogP contribution >= 0.6 is 0 Å². The summed E-state index contributed by atoms with van der Waals surface area (Å²) in [5, 5.41) is 16.1. The number of nitrogen functional groups attached to an aromatic ring is 1. The quantitative estimate of drug-likeness (QED) is 0.307. The molecular formula is C13H17N9O2. The third-order valence-corrected chi connectivity index (χ3v) is 3.75. The summed E-state index contributed by atoms with van der Waals surface area (Å²) in [7, 11) is 0. The molecule has 0 aliphatic carbocycles. The predicted molar refractivity (Wildman–Crippen MR) is 87.0 cm³/mol. The number of imidazole rings is 1. The highest BCUT2D eigenvalue weighted by Gasteiger charge is 2.36. The number of nitrogens with zero attached hydrogens (tertiary/aromatic N) is 7. The van der Waals surface area contributed by atoms with Gasteiger partial charge in [0, 0.05) is 17.9 Å². The second-order valence-electron chi connectivity index (χ2n) is 5.24. The second-order valence-corrected chi connectivity index (χ2v) is 5.24. The molecule has 3 atom stereocenters. The van der Waals surface area contributed by atoms with Crippen molar-refractivity contribution in [1.82, 2.24) is 19.5 Å². The number of hydrogen-bond donors (Lipinski definition) is 3. The van der Waals surface area contributed by atoms with Crippen molar-refractivity contribution in [2.45, 2.75) is 24.8 Å². The number of fused-ring (bicyclic) bond motifs is 1. The molecule has 0 radical (unpaired) electrons. The van der Waals surface area contributed by atoms with E-state index in [0.29, 0.717) is 29.9 Å². The average molecular weight is 331 g/mol. The lowest BCUT2D eigenvalue weighted by atomic mass is 10.1. The molecule has 1 fully saturated rings. The summed E-state index contributed by atoms with van der Waals surface area (Å²) in [5.41, 5.74) is 15.4. The number of nitrogens with one attached hydrogen (secondary N) is 1. The zero-order valence-electron chi connectivity index (χ0n) is 12.8. The van der Waals surface area contributed by atoms with Crippen LogP contribution in [0.1, 0.15) is 12.6 Å². The van der Waals surface area contributed by atoms with Gasteiger partial charge in [-0.25, -0.2) is 4.98 Å².